The Morgan fingerprint density at radius 1 is 1.10 bits per heavy atom. The topological polar surface area (TPSA) is 61.9 Å². The smallest absolute Gasteiger partial charge is 0.414 e. The molecule has 1 saturated carbocycles. The van der Waals surface area contributed by atoms with Crippen LogP contribution in [-0.4, -0.2) is 48.3 Å². The van der Waals surface area contributed by atoms with Crippen LogP contribution in [0, 0.1) is 5.82 Å². The third-order valence-electron chi connectivity index (χ3n) is 8.21. The standard InChI is InChI=1S/C31H41ClFN3O3/c1-4-28(34-29(37)31(17-9-6-10-18-31)26-14-13-23(33)21-27(26)32)35-19-15-25(16-20-35)39-30(38)36(22(2)3)24-11-7-5-8-12-24/h5,7-8,11-14,21-22,25,28H,4,6,9-10,15-20H2,1-3H3,(H,34,37). The van der Waals surface area contributed by atoms with E-state index in [1.165, 1.54) is 12.1 Å². The predicted octanol–water partition coefficient (Wildman–Crippen LogP) is 7.05. The third kappa shape index (κ3) is 6.75. The van der Waals surface area contributed by atoms with Gasteiger partial charge < -0.3 is 10.1 Å². The quantitative estimate of drug-likeness (QED) is 0.378. The molecule has 1 atom stereocenters. The number of benzene rings is 2. The Bertz CT molecular complexity index is 1120. The van der Waals surface area contributed by atoms with Gasteiger partial charge in [-0.15, -0.1) is 0 Å². The van der Waals surface area contributed by atoms with E-state index >= 15 is 0 Å². The van der Waals surface area contributed by atoms with Crippen LogP contribution in [0.5, 0.6) is 0 Å². The zero-order valence-corrected chi connectivity index (χ0v) is 24.1. The van der Waals surface area contributed by atoms with Gasteiger partial charge in [0.1, 0.15) is 11.9 Å². The first-order valence-corrected chi connectivity index (χ1v) is 14.7. The van der Waals surface area contributed by atoms with E-state index in [4.69, 9.17) is 16.3 Å². The summed E-state index contributed by atoms with van der Waals surface area (Å²) in [4.78, 5) is 30.9. The molecule has 1 unspecified atom stereocenters. The summed E-state index contributed by atoms with van der Waals surface area (Å²) in [5.74, 6) is -0.433. The zero-order chi connectivity index (χ0) is 28.0. The van der Waals surface area contributed by atoms with E-state index in [9.17, 15) is 14.0 Å². The molecule has 1 heterocycles. The maximum absolute atomic E-state index is 13.9. The maximum Gasteiger partial charge on any atom is 0.414 e. The molecule has 4 rings (SSSR count). The largest absolute Gasteiger partial charge is 0.446 e. The first-order valence-electron chi connectivity index (χ1n) is 14.3. The number of likely N-dealkylation sites (tertiary alicyclic amines) is 1. The highest BCUT2D eigenvalue weighted by Crippen LogP contribution is 2.43. The van der Waals surface area contributed by atoms with E-state index in [2.05, 4.69) is 17.1 Å². The number of piperidine rings is 1. The Morgan fingerprint density at radius 3 is 2.36 bits per heavy atom. The Labute approximate surface area is 236 Å². The Kier molecular flexibility index (Phi) is 9.89. The first-order chi connectivity index (χ1) is 18.7. The average Bonchev–Trinajstić information content (AvgIpc) is 2.93. The van der Waals surface area contributed by atoms with Crippen molar-refractivity contribution in [3.8, 4) is 0 Å². The molecule has 1 aliphatic carbocycles. The number of anilines is 1. The van der Waals surface area contributed by atoms with Crippen LogP contribution in [0.4, 0.5) is 14.9 Å². The van der Waals surface area contributed by atoms with Crippen LogP contribution >= 0.6 is 11.6 Å². The number of nitrogens with zero attached hydrogens (tertiary/aromatic N) is 2. The molecule has 0 bridgehead atoms. The highest BCUT2D eigenvalue weighted by molar-refractivity contribution is 6.31. The molecule has 0 radical (unpaired) electrons. The van der Waals surface area contributed by atoms with E-state index in [0.29, 0.717) is 43.8 Å². The lowest BCUT2D eigenvalue weighted by molar-refractivity contribution is -0.130. The summed E-state index contributed by atoms with van der Waals surface area (Å²) in [7, 11) is 0. The van der Waals surface area contributed by atoms with Crippen molar-refractivity contribution in [2.75, 3.05) is 18.0 Å². The number of carbonyl (C=O) groups is 2. The van der Waals surface area contributed by atoms with Gasteiger partial charge in [0.2, 0.25) is 5.91 Å². The second-order valence-corrected chi connectivity index (χ2v) is 11.5. The molecule has 2 amide bonds. The van der Waals surface area contributed by atoms with Gasteiger partial charge >= 0.3 is 6.09 Å². The Balaban J connectivity index is 1.39. The fourth-order valence-corrected chi connectivity index (χ4v) is 6.45. The lowest BCUT2D eigenvalue weighted by atomic mass is 9.68. The number of halogens is 2. The number of hydrogen-bond acceptors (Lipinski definition) is 4. The van der Waals surface area contributed by atoms with E-state index in [-0.39, 0.29) is 30.3 Å². The second-order valence-electron chi connectivity index (χ2n) is 11.1. The van der Waals surface area contributed by atoms with Gasteiger partial charge in [0.25, 0.3) is 0 Å². The summed E-state index contributed by atoms with van der Waals surface area (Å²) in [5, 5.41) is 3.63. The van der Waals surface area contributed by atoms with Crippen LogP contribution in [0.15, 0.2) is 48.5 Å². The van der Waals surface area contributed by atoms with Crippen LogP contribution in [0.3, 0.4) is 0 Å². The summed E-state index contributed by atoms with van der Waals surface area (Å²) in [6, 6.07) is 13.9. The van der Waals surface area contributed by atoms with Crippen molar-refractivity contribution in [3.63, 3.8) is 0 Å². The Morgan fingerprint density at radius 2 is 1.77 bits per heavy atom. The molecule has 39 heavy (non-hydrogen) atoms. The number of para-hydroxylation sites is 1. The van der Waals surface area contributed by atoms with Gasteiger partial charge in [-0.25, -0.2) is 9.18 Å². The molecular formula is C31H41ClFN3O3. The molecule has 1 aliphatic heterocycles. The van der Waals surface area contributed by atoms with Crippen molar-refractivity contribution < 1.29 is 18.7 Å². The number of hydrogen-bond donors (Lipinski definition) is 1. The van der Waals surface area contributed by atoms with Crippen LogP contribution < -0.4 is 10.2 Å². The molecule has 2 aromatic carbocycles. The van der Waals surface area contributed by atoms with Crippen molar-refractivity contribution in [3.05, 3.63) is 64.9 Å². The van der Waals surface area contributed by atoms with E-state index in [1.54, 1.807) is 11.0 Å². The average molecular weight is 558 g/mol. The van der Waals surface area contributed by atoms with Crippen LogP contribution in [0.2, 0.25) is 5.02 Å². The summed E-state index contributed by atoms with van der Waals surface area (Å²) in [6.07, 6.45) is 5.87. The van der Waals surface area contributed by atoms with Gasteiger partial charge in [0.15, 0.2) is 0 Å². The number of nitrogens with one attached hydrogen (secondary N) is 1. The minimum Gasteiger partial charge on any atom is -0.446 e. The summed E-state index contributed by atoms with van der Waals surface area (Å²) >= 11 is 6.48. The lowest BCUT2D eigenvalue weighted by Gasteiger charge is -2.41. The van der Waals surface area contributed by atoms with Crippen molar-refractivity contribution >= 4 is 29.3 Å². The SMILES string of the molecule is CCC(NC(=O)C1(c2ccc(F)cc2Cl)CCCCC1)N1CCC(OC(=O)N(c2ccccc2)C(C)C)CC1. The molecule has 2 aromatic rings. The van der Waals surface area contributed by atoms with E-state index < -0.39 is 11.2 Å². The lowest BCUT2D eigenvalue weighted by Crippen LogP contribution is -2.56. The van der Waals surface area contributed by atoms with Gasteiger partial charge in [-0.1, -0.05) is 62.1 Å². The second kappa shape index (κ2) is 13.1. The van der Waals surface area contributed by atoms with Crippen molar-refractivity contribution in [2.24, 2.45) is 0 Å². The van der Waals surface area contributed by atoms with Crippen LogP contribution in [0.25, 0.3) is 0 Å². The molecule has 2 fully saturated rings. The first kappa shape index (κ1) is 29.3. The fourth-order valence-electron chi connectivity index (χ4n) is 6.10. The van der Waals surface area contributed by atoms with Crippen LogP contribution in [0.1, 0.15) is 77.7 Å². The maximum atomic E-state index is 13.9. The normalized spacial score (nSPS) is 18.9. The molecular weight excluding hydrogens is 517 g/mol. The highest BCUT2D eigenvalue weighted by Gasteiger charge is 2.43. The number of carbonyl (C=O) groups excluding carboxylic acids is 2. The van der Waals surface area contributed by atoms with Crippen molar-refractivity contribution in [1.82, 2.24) is 10.2 Å². The monoisotopic (exact) mass is 557 g/mol. The molecule has 0 spiro atoms. The van der Waals surface area contributed by atoms with Crippen LogP contribution in [-0.2, 0) is 14.9 Å². The van der Waals surface area contributed by atoms with Crippen molar-refractivity contribution in [2.45, 2.75) is 95.9 Å². The van der Waals surface area contributed by atoms with Gasteiger partial charge in [0, 0.05) is 29.8 Å². The molecule has 6 nitrogen and oxygen atoms in total. The van der Waals surface area contributed by atoms with Gasteiger partial charge in [-0.3, -0.25) is 14.6 Å². The predicted molar refractivity (Wildman–Crippen MR) is 154 cm³/mol. The summed E-state index contributed by atoms with van der Waals surface area (Å²) < 4.78 is 19.7. The molecule has 8 heteroatoms. The fraction of sp³-hybridized carbons (Fsp3) is 0.548. The third-order valence-corrected chi connectivity index (χ3v) is 8.52. The summed E-state index contributed by atoms with van der Waals surface area (Å²) in [6.45, 7) is 7.45. The number of amides is 2. The minimum absolute atomic E-state index is 0.0265. The zero-order valence-electron chi connectivity index (χ0n) is 23.3. The Hall–Kier alpha value is -2.64. The van der Waals surface area contributed by atoms with Crippen molar-refractivity contribution in [1.29, 1.82) is 0 Å². The van der Waals surface area contributed by atoms with Gasteiger partial charge in [0.05, 0.1) is 11.6 Å². The van der Waals surface area contributed by atoms with Gasteiger partial charge in [-0.2, -0.15) is 0 Å². The number of ether oxygens (including phenoxy) is 1. The van der Waals surface area contributed by atoms with E-state index in [0.717, 1.165) is 36.9 Å². The summed E-state index contributed by atoms with van der Waals surface area (Å²) in [5.41, 5.74) is 0.792. The molecule has 1 N–H and O–H groups in total. The minimum atomic E-state index is -0.748. The number of rotatable bonds is 8. The highest BCUT2D eigenvalue weighted by atomic mass is 35.5. The molecule has 1 saturated heterocycles. The molecule has 2 aliphatic rings. The molecule has 0 aromatic heterocycles. The van der Waals surface area contributed by atoms with Gasteiger partial charge in [-0.05, 0) is 75.8 Å². The van der Waals surface area contributed by atoms with E-state index in [1.807, 2.05) is 44.2 Å². The molecule has 212 valence electrons.